The van der Waals surface area contributed by atoms with Gasteiger partial charge in [-0.25, -0.2) is 0 Å². The molecule has 23 heavy (non-hydrogen) atoms. The van der Waals surface area contributed by atoms with Gasteiger partial charge in [0.25, 0.3) is 5.91 Å². The van der Waals surface area contributed by atoms with Crippen molar-refractivity contribution in [3.05, 3.63) is 35.4 Å². The number of anilines is 1. The average molecular weight is 327 g/mol. The van der Waals surface area contributed by atoms with Gasteiger partial charge in [0.1, 0.15) is 24.9 Å². The molecule has 0 saturated carbocycles. The summed E-state index contributed by atoms with van der Waals surface area (Å²) in [6.07, 6.45) is -3.23. The predicted molar refractivity (Wildman–Crippen MR) is 74.7 cm³/mol. The lowest BCUT2D eigenvalue weighted by atomic mass is 10.1. The summed E-state index contributed by atoms with van der Waals surface area (Å²) in [7, 11) is 0. The lowest BCUT2D eigenvalue weighted by Crippen LogP contribution is -2.23. The molecule has 1 rings (SSSR count). The number of nitrogens with two attached hydrogens (primary N) is 1. The molecule has 0 aliphatic carbocycles. The molecule has 1 aromatic carbocycles. The number of alkyl halides is 3. The van der Waals surface area contributed by atoms with Gasteiger partial charge < -0.3 is 15.8 Å². The Morgan fingerprint density at radius 3 is 2.39 bits per heavy atom. The molecule has 122 valence electrons. The van der Waals surface area contributed by atoms with E-state index in [1.54, 1.807) is 6.07 Å². The molecule has 0 unspecified atom stereocenters. The van der Waals surface area contributed by atoms with Gasteiger partial charge in [-0.15, -0.1) is 0 Å². The van der Waals surface area contributed by atoms with Crippen molar-refractivity contribution in [2.45, 2.75) is 6.18 Å². The standard InChI is InChI=1S/C14H12F3N3O3/c15-14(16,17)8-23-7-12(21)20-11-3-1-9(2-4-11)5-10(6-18)13(19)22/h1-5H,7-8H2,(H2,19,22)(H,20,21)/b10-5+. The normalized spacial score (nSPS) is 11.7. The summed E-state index contributed by atoms with van der Waals surface area (Å²) in [5.74, 6) is -1.61. The molecule has 0 aromatic heterocycles. The number of rotatable bonds is 6. The van der Waals surface area contributed by atoms with E-state index in [0.717, 1.165) is 0 Å². The van der Waals surface area contributed by atoms with Crippen molar-refractivity contribution >= 4 is 23.6 Å². The minimum absolute atomic E-state index is 0.234. The summed E-state index contributed by atoms with van der Waals surface area (Å²) in [4.78, 5) is 22.3. The van der Waals surface area contributed by atoms with E-state index in [1.807, 2.05) is 0 Å². The van der Waals surface area contributed by atoms with Crippen LogP contribution in [0.4, 0.5) is 18.9 Å². The number of nitrogens with one attached hydrogen (secondary N) is 1. The topological polar surface area (TPSA) is 105 Å². The van der Waals surface area contributed by atoms with Gasteiger partial charge in [0.05, 0.1) is 0 Å². The number of primary amides is 1. The van der Waals surface area contributed by atoms with Gasteiger partial charge in [-0.2, -0.15) is 18.4 Å². The quantitative estimate of drug-likeness (QED) is 0.611. The Bertz CT molecular complexity index is 646. The van der Waals surface area contributed by atoms with E-state index in [2.05, 4.69) is 10.1 Å². The molecule has 3 N–H and O–H groups in total. The van der Waals surface area contributed by atoms with Crippen molar-refractivity contribution in [3.63, 3.8) is 0 Å². The van der Waals surface area contributed by atoms with Crippen LogP contribution in [0, 0.1) is 11.3 Å². The second-order valence-electron chi connectivity index (χ2n) is 4.31. The minimum atomic E-state index is -4.49. The van der Waals surface area contributed by atoms with Crippen molar-refractivity contribution in [3.8, 4) is 6.07 Å². The first-order valence-electron chi connectivity index (χ1n) is 6.17. The average Bonchev–Trinajstić information content (AvgIpc) is 2.44. The lowest BCUT2D eigenvalue weighted by Gasteiger charge is -2.08. The molecule has 0 fully saturated rings. The molecule has 0 atom stereocenters. The molecular formula is C14H12F3N3O3. The van der Waals surface area contributed by atoms with E-state index in [1.165, 1.54) is 30.3 Å². The maximum absolute atomic E-state index is 11.8. The molecule has 0 saturated heterocycles. The van der Waals surface area contributed by atoms with Crippen LogP contribution in [0.25, 0.3) is 6.08 Å². The first kappa shape index (κ1) is 18.2. The number of halogens is 3. The minimum Gasteiger partial charge on any atom is -0.365 e. The number of carbonyl (C=O) groups is 2. The van der Waals surface area contributed by atoms with E-state index < -0.39 is 31.2 Å². The van der Waals surface area contributed by atoms with Gasteiger partial charge >= 0.3 is 6.18 Å². The maximum Gasteiger partial charge on any atom is 0.411 e. The highest BCUT2D eigenvalue weighted by atomic mass is 19.4. The Labute approximate surface area is 129 Å². The van der Waals surface area contributed by atoms with Gasteiger partial charge in [0.2, 0.25) is 5.91 Å². The molecule has 0 heterocycles. The Kier molecular flexibility index (Phi) is 6.29. The fourth-order valence-electron chi connectivity index (χ4n) is 1.44. The third-order valence-corrected chi connectivity index (χ3v) is 2.39. The highest BCUT2D eigenvalue weighted by Crippen LogP contribution is 2.15. The smallest absolute Gasteiger partial charge is 0.365 e. The number of hydrogen-bond donors (Lipinski definition) is 2. The summed E-state index contributed by atoms with van der Waals surface area (Å²) in [5.41, 5.74) is 5.57. The van der Waals surface area contributed by atoms with E-state index in [-0.39, 0.29) is 5.57 Å². The number of amides is 2. The van der Waals surface area contributed by atoms with Gasteiger partial charge in [-0.3, -0.25) is 9.59 Å². The number of carbonyl (C=O) groups excluding carboxylic acids is 2. The van der Waals surface area contributed by atoms with E-state index in [9.17, 15) is 22.8 Å². The van der Waals surface area contributed by atoms with Crippen LogP contribution in [0.2, 0.25) is 0 Å². The Balaban J connectivity index is 2.59. The zero-order valence-electron chi connectivity index (χ0n) is 11.7. The predicted octanol–water partition coefficient (Wildman–Crippen LogP) is 1.60. The summed E-state index contributed by atoms with van der Waals surface area (Å²) in [6.45, 7) is -2.24. The maximum atomic E-state index is 11.8. The van der Waals surface area contributed by atoms with Crippen LogP contribution in [0.3, 0.4) is 0 Å². The first-order chi connectivity index (χ1) is 10.7. The van der Waals surface area contributed by atoms with Crippen molar-refractivity contribution in [1.29, 1.82) is 5.26 Å². The number of nitrogens with zero attached hydrogens (tertiary/aromatic N) is 1. The zero-order chi connectivity index (χ0) is 17.5. The number of hydrogen-bond acceptors (Lipinski definition) is 4. The molecule has 1 aromatic rings. The number of nitriles is 1. The van der Waals surface area contributed by atoms with Crippen molar-refractivity contribution in [2.24, 2.45) is 5.73 Å². The second-order valence-corrected chi connectivity index (χ2v) is 4.31. The van der Waals surface area contributed by atoms with Gasteiger partial charge in [-0.1, -0.05) is 12.1 Å². The van der Waals surface area contributed by atoms with Crippen LogP contribution in [-0.2, 0) is 14.3 Å². The van der Waals surface area contributed by atoms with Crippen molar-refractivity contribution < 1.29 is 27.5 Å². The number of ether oxygens (including phenoxy) is 1. The molecule has 9 heteroatoms. The number of benzene rings is 1. The van der Waals surface area contributed by atoms with E-state index in [4.69, 9.17) is 11.0 Å². The third kappa shape index (κ3) is 7.10. The van der Waals surface area contributed by atoms with E-state index >= 15 is 0 Å². The highest BCUT2D eigenvalue weighted by molar-refractivity contribution is 6.00. The Morgan fingerprint density at radius 1 is 1.30 bits per heavy atom. The van der Waals surface area contributed by atoms with Crippen LogP contribution in [0.1, 0.15) is 5.56 Å². The molecule has 0 spiro atoms. The molecule has 0 aliphatic rings. The van der Waals surface area contributed by atoms with Gasteiger partial charge in [0, 0.05) is 5.69 Å². The summed E-state index contributed by atoms with van der Waals surface area (Å²) < 4.78 is 39.8. The summed E-state index contributed by atoms with van der Waals surface area (Å²) >= 11 is 0. The van der Waals surface area contributed by atoms with Crippen LogP contribution >= 0.6 is 0 Å². The Morgan fingerprint density at radius 2 is 1.91 bits per heavy atom. The first-order valence-corrected chi connectivity index (χ1v) is 6.17. The molecular weight excluding hydrogens is 315 g/mol. The molecule has 0 radical (unpaired) electrons. The van der Waals surface area contributed by atoms with Gasteiger partial charge in [-0.05, 0) is 23.8 Å². The molecule has 6 nitrogen and oxygen atoms in total. The van der Waals surface area contributed by atoms with Crippen molar-refractivity contribution in [2.75, 3.05) is 18.5 Å². The van der Waals surface area contributed by atoms with E-state index in [0.29, 0.717) is 11.3 Å². The van der Waals surface area contributed by atoms with Crippen LogP contribution in [0.15, 0.2) is 29.8 Å². The molecule has 0 bridgehead atoms. The monoisotopic (exact) mass is 327 g/mol. The fraction of sp³-hybridized carbons (Fsp3) is 0.214. The van der Waals surface area contributed by atoms with Crippen LogP contribution < -0.4 is 11.1 Å². The molecule has 0 aliphatic heterocycles. The van der Waals surface area contributed by atoms with Crippen molar-refractivity contribution in [1.82, 2.24) is 0 Å². The largest absolute Gasteiger partial charge is 0.411 e. The SMILES string of the molecule is N#C/C(=C\c1ccc(NC(=O)COCC(F)(F)F)cc1)C(N)=O. The lowest BCUT2D eigenvalue weighted by molar-refractivity contribution is -0.174. The van der Waals surface area contributed by atoms with Crippen LogP contribution in [0.5, 0.6) is 0 Å². The highest BCUT2D eigenvalue weighted by Gasteiger charge is 2.27. The third-order valence-electron chi connectivity index (χ3n) is 2.39. The van der Waals surface area contributed by atoms with Gasteiger partial charge in [0.15, 0.2) is 0 Å². The zero-order valence-corrected chi connectivity index (χ0v) is 11.7. The molecule has 2 amide bonds. The fourth-order valence-corrected chi connectivity index (χ4v) is 1.44. The second kappa shape index (κ2) is 7.95. The summed E-state index contributed by atoms with van der Waals surface area (Å²) in [6, 6.07) is 7.52. The van der Waals surface area contributed by atoms with Crippen LogP contribution in [-0.4, -0.2) is 31.2 Å². The summed E-state index contributed by atoms with van der Waals surface area (Å²) in [5, 5.41) is 11.0. The Hall–Kier alpha value is -2.86.